The van der Waals surface area contributed by atoms with Crippen molar-refractivity contribution in [3.05, 3.63) is 63.5 Å². The number of piperidine rings is 1. The minimum Gasteiger partial charge on any atom is -0.499 e. The Hall–Kier alpha value is -1.82. The van der Waals surface area contributed by atoms with E-state index in [-0.39, 0.29) is 18.3 Å². The fourth-order valence-electron chi connectivity index (χ4n) is 3.55. The minimum absolute atomic E-state index is 0. The molecule has 4 nitrogen and oxygen atoms in total. The molecule has 0 aliphatic carbocycles. The molecule has 1 atom stereocenters. The van der Waals surface area contributed by atoms with Crippen LogP contribution >= 0.6 is 23.7 Å². The lowest BCUT2D eigenvalue weighted by Crippen LogP contribution is -2.40. The lowest BCUT2D eigenvalue weighted by atomic mass is 9.98. The molecule has 2 aromatic rings. The average Bonchev–Trinajstić information content (AvgIpc) is 3.09. The van der Waals surface area contributed by atoms with Crippen LogP contribution in [0.4, 0.5) is 0 Å². The largest absolute Gasteiger partial charge is 0.499 e. The molecule has 152 valence electrons. The number of likely N-dealkylation sites (tertiary alicyclic amines) is 1. The van der Waals surface area contributed by atoms with Crippen LogP contribution in [0, 0.1) is 19.8 Å². The summed E-state index contributed by atoms with van der Waals surface area (Å²) in [4.78, 5) is 14.6. The SMILES string of the molecule is Cc1ccccc1/C(=C/OCCN1CCC[C@@H](C(=O)O)C1)c1sccc1C.Cl. The summed E-state index contributed by atoms with van der Waals surface area (Å²) >= 11 is 1.73. The lowest BCUT2D eigenvalue weighted by molar-refractivity contribution is -0.143. The summed E-state index contributed by atoms with van der Waals surface area (Å²) in [5.74, 6) is -0.930. The van der Waals surface area contributed by atoms with E-state index in [1.807, 2.05) is 12.3 Å². The van der Waals surface area contributed by atoms with Gasteiger partial charge in [0.15, 0.2) is 0 Å². The second-order valence-electron chi connectivity index (χ2n) is 7.13. The second kappa shape index (κ2) is 10.6. The van der Waals surface area contributed by atoms with Crippen LogP contribution in [0.25, 0.3) is 5.57 Å². The summed E-state index contributed by atoms with van der Waals surface area (Å²) in [6.45, 7) is 7.13. The van der Waals surface area contributed by atoms with Gasteiger partial charge in [-0.15, -0.1) is 23.7 Å². The number of carboxylic acid groups (broad SMARTS) is 1. The van der Waals surface area contributed by atoms with Crippen molar-refractivity contribution in [2.45, 2.75) is 26.7 Å². The third-order valence-electron chi connectivity index (χ3n) is 5.12. The van der Waals surface area contributed by atoms with Crippen LogP contribution in [-0.2, 0) is 9.53 Å². The number of thiophene rings is 1. The number of rotatable bonds is 7. The number of carbonyl (C=O) groups is 1. The molecule has 0 bridgehead atoms. The molecule has 0 unspecified atom stereocenters. The third-order valence-corrected chi connectivity index (χ3v) is 6.17. The van der Waals surface area contributed by atoms with Gasteiger partial charge < -0.3 is 9.84 Å². The summed E-state index contributed by atoms with van der Waals surface area (Å²) in [6, 6.07) is 10.5. The van der Waals surface area contributed by atoms with Crippen molar-refractivity contribution in [2.24, 2.45) is 5.92 Å². The first-order valence-electron chi connectivity index (χ1n) is 9.43. The Labute approximate surface area is 177 Å². The van der Waals surface area contributed by atoms with Crippen LogP contribution in [0.3, 0.4) is 0 Å². The van der Waals surface area contributed by atoms with E-state index in [0.29, 0.717) is 13.2 Å². The molecule has 0 saturated carbocycles. The smallest absolute Gasteiger partial charge is 0.307 e. The monoisotopic (exact) mass is 421 g/mol. The summed E-state index contributed by atoms with van der Waals surface area (Å²) in [6.07, 6.45) is 3.59. The van der Waals surface area contributed by atoms with E-state index in [0.717, 1.165) is 31.5 Å². The Kier molecular flexibility index (Phi) is 8.55. The van der Waals surface area contributed by atoms with E-state index >= 15 is 0 Å². The van der Waals surface area contributed by atoms with Gasteiger partial charge in [-0.3, -0.25) is 9.69 Å². The average molecular weight is 422 g/mol. The number of carboxylic acids is 1. The highest BCUT2D eigenvalue weighted by atomic mass is 35.5. The number of halogens is 1. The van der Waals surface area contributed by atoms with Crippen molar-refractivity contribution in [1.82, 2.24) is 4.90 Å². The summed E-state index contributed by atoms with van der Waals surface area (Å²) in [5.41, 5.74) is 4.77. The van der Waals surface area contributed by atoms with Crippen LogP contribution in [0.1, 0.15) is 34.4 Å². The highest BCUT2D eigenvalue weighted by Crippen LogP contribution is 2.32. The van der Waals surface area contributed by atoms with Crippen molar-refractivity contribution < 1.29 is 14.6 Å². The van der Waals surface area contributed by atoms with E-state index in [1.165, 1.54) is 21.6 Å². The van der Waals surface area contributed by atoms with Gasteiger partial charge in [-0.25, -0.2) is 0 Å². The molecule has 1 fully saturated rings. The van der Waals surface area contributed by atoms with Gasteiger partial charge in [0, 0.05) is 23.5 Å². The zero-order chi connectivity index (χ0) is 19.2. The first-order valence-corrected chi connectivity index (χ1v) is 10.3. The molecule has 0 radical (unpaired) electrons. The first-order chi connectivity index (χ1) is 13.1. The number of aryl methyl sites for hydroxylation is 2. The fraction of sp³-hybridized carbons (Fsp3) is 0.409. The number of aliphatic carboxylic acids is 1. The van der Waals surface area contributed by atoms with E-state index in [1.54, 1.807) is 11.3 Å². The van der Waals surface area contributed by atoms with Crippen molar-refractivity contribution in [1.29, 1.82) is 0 Å². The second-order valence-corrected chi connectivity index (χ2v) is 8.04. The van der Waals surface area contributed by atoms with E-state index in [9.17, 15) is 9.90 Å². The Balaban J connectivity index is 0.00000280. The molecular formula is C22H28ClNO3S. The van der Waals surface area contributed by atoms with E-state index in [4.69, 9.17) is 4.74 Å². The highest BCUT2D eigenvalue weighted by molar-refractivity contribution is 7.11. The maximum atomic E-state index is 11.2. The summed E-state index contributed by atoms with van der Waals surface area (Å²) < 4.78 is 5.94. The van der Waals surface area contributed by atoms with E-state index in [2.05, 4.69) is 48.4 Å². The van der Waals surface area contributed by atoms with Crippen LogP contribution in [0.15, 0.2) is 42.0 Å². The number of hydrogen-bond acceptors (Lipinski definition) is 4. The molecule has 1 N–H and O–H groups in total. The molecule has 6 heteroatoms. The van der Waals surface area contributed by atoms with E-state index < -0.39 is 5.97 Å². The molecule has 1 aliphatic rings. The number of nitrogens with zero attached hydrogens (tertiary/aromatic N) is 1. The van der Waals surface area contributed by atoms with Gasteiger partial charge in [0.05, 0.1) is 12.2 Å². The number of benzene rings is 1. The molecule has 1 aliphatic heterocycles. The van der Waals surface area contributed by atoms with Crippen molar-refractivity contribution in [3.63, 3.8) is 0 Å². The molecule has 1 saturated heterocycles. The van der Waals surface area contributed by atoms with Crippen LogP contribution in [-0.4, -0.2) is 42.2 Å². The Morgan fingerprint density at radius 2 is 2.07 bits per heavy atom. The Bertz CT molecular complexity index is 818. The van der Waals surface area contributed by atoms with Gasteiger partial charge >= 0.3 is 5.97 Å². The maximum Gasteiger partial charge on any atom is 0.307 e. The predicted molar refractivity (Wildman–Crippen MR) is 117 cm³/mol. The summed E-state index contributed by atoms with van der Waals surface area (Å²) in [7, 11) is 0. The van der Waals surface area contributed by atoms with Crippen molar-refractivity contribution >= 4 is 35.3 Å². The molecule has 2 heterocycles. The lowest BCUT2D eigenvalue weighted by Gasteiger charge is -2.30. The summed E-state index contributed by atoms with van der Waals surface area (Å²) in [5, 5.41) is 11.3. The molecule has 1 aromatic carbocycles. The maximum absolute atomic E-state index is 11.2. The number of ether oxygens (including phenoxy) is 1. The van der Waals surface area contributed by atoms with Gasteiger partial charge in [-0.05, 0) is 61.4 Å². The zero-order valence-corrected chi connectivity index (χ0v) is 18.0. The minimum atomic E-state index is -0.685. The molecule has 3 rings (SSSR count). The highest BCUT2D eigenvalue weighted by Gasteiger charge is 2.24. The molecule has 0 spiro atoms. The Morgan fingerprint density at radius 1 is 1.29 bits per heavy atom. The van der Waals surface area contributed by atoms with Gasteiger partial charge in [0.2, 0.25) is 0 Å². The van der Waals surface area contributed by atoms with Crippen LogP contribution in [0.5, 0.6) is 0 Å². The van der Waals surface area contributed by atoms with Crippen molar-refractivity contribution in [2.75, 3.05) is 26.2 Å². The molecule has 0 amide bonds. The molecule has 1 aromatic heterocycles. The quantitative estimate of drug-likeness (QED) is 0.505. The number of hydrogen-bond donors (Lipinski definition) is 1. The fourth-order valence-corrected chi connectivity index (χ4v) is 4.49. The van der Waals surface area contributed by atoms with Gasteiger partial charge in [0.1, 0.15) is 6.61 Å². The van der Waals surface area contributed by atoms with Gasteiger partial charge in [0.25, 0.3) is 0 Å². The van der Waals surface area contributed by atoms with Crippen LogP contribution < -0.4 is 0 Å². The standard InChI is InChI=1S/C22H27NO3S.ClH/c1-16-6-3-4-8-19(16)20(21-17(2)9-13-27-21)15-26-12-11-23-10-5-7-18(14-23)22(24)25;/h3-4,6,8-9,13,15,18H,5,7,10-12,14H2,1-2H3,(H,24,25);1H/b20-15-;/t18-;/m1./s1. The van der Waals surface area contributed by atoms with Crippen molar-refractivity contribution in [3.8, 4) is 0 Å². The van der Waals surface area contributed by atoms with Gasteiger partial charge in [-0.2, -0.15) is 0 Å². The Morgan fingerprint density at radius 3 is 2.75 bits per heavy atom. The normalized spacial score (nSPS) is 17.8. The first kappa shape index (κ1) is 22.5. The zero-order valence-electron chi connectivity index (χ0n) is 16.4. The topological polar surface area (TPSA) is 49.8 Å². The van der Waals surface area contributed by atoms with Crippen LogP contribution in [0.2, 0.25) is 0 Å². The predicted octanol–water partition coefficient (Wildman–Crippen LogP) is 4.99. The van der Waals surface area contributed by atoms with Gasteiger partial charge in [-0.1, -0.05) is 24.3 Å². The molecular weight excluding hydrogens is 394 g/mol. The molecule has 28 heavy (non-hydrogen) atoms. The third kappa shape index (κ3) is 5.60.